The van der Waals surface area contributed by atoms with Crippen molar-refractivity contribution in [2.45, 2.75) is 172 Å². The molecular weight excluding hydrogens is 1140 g/mol. The van der Waals surface area contributed by atoms with Gasteiger partial charge in [-0.3, -0.25) is 44.7 Å². The molecule has 4 atom stereocenters. The van der Waals surface area contributed by atoms with Gasteiger partial charge in [0.2, 0.25) is 23.0 Å². The van der Waals surface area contributed by atoms with E-state index in [1.165, 1.54) is 13.8 Å². The van der Waals surface area contributed by atoms with E-state index >= 15 is 0 Å². The summed E-state index contributed by atoms with van der Waals surface area (Å²) in [7, 11) is -5.75. The van der Waals surface area contributed by atoms with Gasteiger partial charge in [-0.15, -0.1) is 24.8 Å². The molecule has 0 aromatic carbocycles. The standard InChI is InChI=1S/2C8H15NO4.C7H13NO.C7H15N.C5H8O2.C3H7NO2.2CH4.Al.BH.2ClH.Li.H2S.U.4H/c2*1-6(7(10)13-4)5-8(2,3)9(11)12;1-5-4-7(2,3)8-6(5)9;1-6-4-7(2,3)8-5-6;1-4(2)5(6)7-3;1-3(2)4(5)6;;;;;;;;;;;;;/h2*6H,5H2,1-4H3;5H,4H2,1-3H3,(H,8,9);6,8H,4-5H2,1-3H3;1H2,2-3H3;3H,1-2H3;2*1H4;;3*1H;;1H2;;;;;/q;;;;;;;;;;;;+1;;;;;;-1/t6-;;5-;6-;;;;;;;;;;;;;;;/m0.00.............../s1/i2*1D3,4D3,5D2;2*1D3,4D2;2D3,3D3;;;;;1D;;;;;;;;;. The van der Waals surface area contributed by atoms with E-state index in [0.29, 0.717) is 0 Å². The molecule has 2 N–H and O–H groups in total. The maximum Gasteiger partial charge on any atom is 1.00 e. The van der Waals surface area contributed by atoms with Crippen LogP contribution in [0.5, 0.6) is 0 Å². The van der Waals surface area contributed by atoms with Gasteiger partial charge >= 0.3 is 36.8 Å². The van der Waals surface area contributed by atoms with E-state index in [2.05, 4.69) is 39.8 Å². The molecule has 0 aliphatic carbocycles. The van der Waals surface area contributed by atoms with E-state index in [1.54, 1.807) is 27.7 Å². The smallest absolute Gasteiger partial charge is 1.00 e. The SMILES string of the molecule is C.C.CC(C)[N+](=O)[O-].Cl.Cl.S.[2H]C([2H])([2H])OC(=O)C(=C)C([2H])([2H])[2H].[2H]C([2H])([2H])OC(=O)C(C([2H])([2H])[2H])C([2H])([2H])C(C)(C)[N+](=O)[O-].[2H]C([2H])([2H])OC(=O)[C@@H](C([2H])([2H])[2H])C([2H])([2H])C(C)(C)[N+](=O)[O-].[2H]C([2H])([2H])[C@@H]1C(=O)NC(C)(C)C1([2H])[2H].[2H]C([2H])([2H])[C@@H]1CNC(C)(C)C1([2H])[2H].[2H][B].[AlH3].[H-].[Li+].[U]. The van der Waals surface area contributed by atoms with Crippen LogP contribution in [0.2, 0.25) is 0 Å². The van der Waals surface area contributed by atoms with Gasteiger partial charge in [0.05, 0.1) is 45.3 Å². The molecular formula is C40H90AlBCl2LiN5O13SU. The number of esters is 3. The van der Waals surface area contributed by atoms with Crippen LogP contribution in [0.25, 0.3) is 0 Å². The summed E-state index contributed by atoms with van der Waals surface area (Å²) in [5, 5.41) is 36.6. The second-order valence-corrected chi connectivity index (χ2v) is 13.3. The van der Waals surface area contributed by atoms with Crippen molar-refractivity contribution in [1.29, 1.82) is 1.34 Å². The van der Waals surface area contributed by atoms with E-state index in [0.717, 1.165) is 27.7 Å². The number of rotatable bonds is 10. The van der Waals surface area contributed by atoms with Crippen LogP contribution in [0.15, 0.2) is 12.2 Å². The Kier molecular flexibility index (Phi) is 25.8. The Morgan fingerprint density at radius 2 is 1.28 bits per heavy atom. The fraction of sp³-hybridized carbons (Fsp3) is 0.850. The van der Waals surface area contributed by atoms with Crippen LogP contribution in [0.1, 0.15) is 189 Å². The number of halogens is 2. The zero-order valence-electron chi connectivity index (χ0n) is 69.8. The second-order valence-electron chi connectivity index (χ2n) is 13.3. The summed E-state index contributed by atoms with van der Waals surface area (Å²) in [5.74, 6) is -13.7. The Bertz CT molecular complexity index is 2420. The van der Waals surface area contributed by atoms with E-state index in [1.807, 2.05) is 0 Å². The topological polar surface area (TPSA) is 249 Å². The Labute approximate surface area is 507 Å². The van der Waals surface area contributed by atoms with E-state index in [-0.39, 0.29) is 133 Å². The summed E-state index contributed by atoms with van der Waals surface area (Å²) in [4.78, 5) is 74.4. The maximum atomic E-state index is 11.7. The summed E-state index contributed by atoms with van der Waals surface area (Å²) in [6, 6.07) is -0.426. The molecule has 18 nitrogen and oxygen atoms in total. The van der Waals surface area contributed by atoms with Gasteiger partial charge < -0.3 is 26.3 Å². The molecule has 2 radical (unpaired) electrons. The molecule has 2 aliphatic heterocycles. The molecule has 2 saturated heterocycles. The summed E-state index contributed by atoms with van der Waals surface area (Å²) in [6.45, 7) is 1.60. The van der Waals surface area contributed by atoms with E-state index in [4.69, 9.17) is 45.2 Å². The van der Waals surface area contributed by atoms with Crippen molar-refractivity contribution < 1.29 is 143 Å². The number of hydrogen-bond donors (Lipinski definition) is 2. The predicted octanol–water partition coefficient (Wildman–Crippen LogP) is 3.72. The molecule has 1 amide bonds. The van der Waals surface area contributed by atoms with Gasteiger partial charge in [0.25, 0.3) is 0 Å². The third-order valence-electron chi connectivity index (χ3n) is 5.83. The van der Waals surface area contributed by atoms with Crippen LogP contribution in [-0.2, 0) is 33.4 Å². The number of nitrogens with one attached hydrogen (secondary N) is 2. The van der Waals surface area contributed by atoms with Gasteiger partial charge in [-0.1, -0.05) is 48.8 Å². The number of carbonyl (C=O) groups excluding carboxylic acids is 4. The molecule has 0 bridgehead atoms. The summed E-state index contributed by atoms with van der Waals surface area (Å²) in [5.41, 5.74) is -7.65. The van der Waals surface area contributed by atoms with Crippen molar-refractivity contribution in [2.75, 3.05) is 27.7 Å². The first kappa shape index (κ1) is 36.0. The van der Waals surface area contributed by atoms with Crippen molar-refractivity contribution in [3.63, 3.8) is 0 Å². The maximum absolute atomic E-state index is 11.7. The molecule has 2 heterocycles. The average molecular weight is 1270 g/mol. The Hall–Kier alpha value is -1.04. The average Bonchev–Trinajstić information content (AvgIpc) is 3.56. The minimum atomic E-state index is -3.32. The van der Waals surface area contributed by atoms with Crippen molar-refractivity contribution >= 4 is 87.9 Å². The van der Waals surface area contributed by atoms with E-state index in [9.17, 15) is 49.5 Å². The van der Waals surface area contributed by atoms with Crippen LogP contribution < -0.4 is 29.5 Å². The van der Waals surface area contributed by atoms with Crippen molar-refractivity contribution in [3.05, 3.63) is 42.5 Å². The first-order chi connectivity index (χ1) is 38.7. The van der Waals surface area contributed by atoms with Gasteiger partial charge in [-0.2, -0.15) is 13.5 Å². The fourth-order valence-corrected chi connectivity index (χ4v) is 2.85. The van der Waals surface area contributed by atoms with Gasteiger partial charge in [-0.05, 0) is 61.1 Å². The third-order valence-corrected chi connectivity index (χ3v) is 5.83. The first-order valence-electron chi connectivity index (χ1n) is 32.1. The molecule has 0 aromatic rings. The second kappa shape index (κ2) is 46.7. The van der Waals surface area contributed by atoms with Crippen LogP contribution in [0, 0.1) is 85.1 Å². The number of ether oxygens (including phenoxy) is 3. The third kappa shape index (κ3) is 50.7. The molecule has 2 fully saturated rings. The normalized spacial score (nSPS) is 26.9. The Morgan fingerprint density at radius 3 is 1.46 bits per heavy atom. The molecule has 2 rings (SSSR count). The fourth-order valence-electron chi connectivity index (χ4n) is 2.85. The Balaban J connectivity index is -0.0000000731. The van der Waals surface area contributed by atoms with Gasteiger partial charge in [0.1, 0.15) is 0 Å². The van der Waals surface area contributed by atoms with Crippen LogP contribution in [0.3, 0.4) is 0 Å². The van der Waals surface area contributed by atoms with Gasteiger partial charge in [-0.25, -0.2) is 4.79 Å². The Morgan fingerprint density at radius 1 is 0.892 bits per heavy atom. The summed E-state index contributed by atoms with van der Waals surface area (Å²) >= 11 is 0. The van der Waals surface area contributed by atoms with Crippen molar-refractivity contribution in [3.8, 4) is 0 Å². The zero-order valence-corrected chi connectivity index (χ0v) is 42.6. The zero-order chi connectivity index (χ0) is 74.7. The van der Waals surface area contributed by atoms with Crippen LogP contribution >= 0.6 is 38.3 Å². The van der Waals surface area contributed by atoms with Crippen LogP contribution in [-0.4, -0.2) is 122 Å². The molecule has 65 heavy (non-hydrogen) atoms. The molecule has 1 unspecified atom stereocenters. The minimum Gasteiger partial charge on any atom is -1.00 e. The molecule has 0 saturated carbocycles. The number of nitrogens with zero attached hydrogens (tertiary/aromatic N) is 3. The van der Waals surface area contributed by atoms with Crippen molar-refractivity contribution in [1.82, 2.24) is 10.6 Å². The van der Waals surface area contributed by atoms with Crippen molar-refractivity contribution in [2.24, 2.45) is 23.7 Å². The monoisotopic (exact) mass is 1270 g/mol. The van der Waals surface area contributed by atoms with Gasteiger partial charge in [0, 0.05) is 163 Å². The largest absolute Gasteiger partial charge is 1.00 e. The summed E-state index contributed by atoms with van der Waals surface area (Å²) < 4.78 is 245. The molecule has 25 heteroatoms. The minimum absolute atomic E-state index is 0. The molecule has 0 aromatic heterocycles. The van der Waals surface area contributed by atoms with Crippen LogP contribution in [0.4, 0.5) is 0 Å². The molecule has 384 valence electrons. The quantitative estimate of drug-likeness (QED) is 0.0791. The number of amides is 1. The first-order valence-corrected chi connectivity index (χ1v) is 15.5. The molecule has 0 spiro atoms. The number of hydrogen-bond acceptors (Lipinski definition) is 14. The number of methoxy groups -OCH3 is 3. The number of carbonyl (C=O) groups is 4. The predicted molar refractivity (Wildman–Crippen MR) is 271 cm³/mol. The van der Waals surface area contributed by atoms with E-state index < -0.39 is 172 Å². The summed E-state index contributed by atoms with van der Waals surface area (Å²) in [6.07, 6.45) is -10.1. The van der Waals surface area contributed by atoms with Gasteiger partial charge in [0.15, 0.2) is 17.4 Å². The number of nitro groups is 3. The molecule has 2 aliphatic rings.